The second kappa shape index (κ2) is 6.86. The molecule has 4 heteroatoms. The Morgan fingerprint density at radius 1 is 1.50 bits per heavy atom. The van der Waals surface area contributed by atoms with Crippen molar-refractivity contribution in [3.63, 3.8) is 0 Å². The predicted octanol–water partition coefficient (Wildman–Crippen LogP) is 0.621. The van der Waals surface area contributed by atoms with Gasteiger partial charge in [-0.25, -0.2) is 0 Å². The van der Waals surface area contributed by atoms with E-state index < -0.39 is 0 Å². The Hall–Kier alpha value is -0.610. The predicted molar refractivity (Wildman–Crippen MR) is 66.1 cm³/mol. The van der Waals surface area contributed by atoms with E-state index in [1.165, 1.54) is 0 Å². The zero-order valence-electron chi connectivity index (χ0n) is 10.3. The summed E-state index contributed by atoms with van der Waals surface area (Å²) in [7, 11) is 0. The quantitative estimate of drug-likeness (QED) is 0.559. The van der Waals surface area contributed by atoms with E-state index in [1.54, 1.807) is 0 Å². The molecule has 16 heavy (non-hydrogen) atoms. The molecule has 0 radical (unpaired) electrons. The van der Waals surface area contributed by atoms with Crippen LogP contribution >= 0.6 is 0 Å². The maximum Gasteiger partial charge on any atom is 0.227 e. The Kier molecular flexibility index (Phi) is 5.77. The summed E-state index contributed by atoms with van der Waals surface area (Å²) in [5, 5.41) is 6.35. The van der Waals surface area contributed by atoms with Gasteiger partial charge in [0.05, 0.1) is 5.41 Å². The minimum Gasteiger partial charge on any atom is -0.356 e. The summed E-state index contributed by atoms with van der Waals surface area (Å²) in [4.78, 5) is 12.1. The van der Waals surface area contributed by atoms with Crippen LogP contribution in [0.3, 0.4) is 0 Å². The smallest absolute Gasteiger partial charge is 0.227 e. The van der Waals surface area contributed by atoms with Gasteiger partial charge in [-0.15, -0.1) is 0 Å². The highest BCUT2D eigenvalue weighted by molar-refractivity contribution is 5.83. The van der Waals surface area contributed by atoms with Crippen LogP contribution in [0.5, 0.6) is 0 Å². The molecule has 1 unspecified atom stereocenters. The van der Waals surface area contributed by atoms with Crippen LogP contribution < -0.4 is 16.4 Å². The fraction of sp³-hybridized carbons (Fsp3) is 0.917. The molecule has 94 valence electrons. The first kappa shape index (κ1) is 13.5. The maximum absolute atomic E-state index is 12.1. The monoisotopic (exact) mass is 227 g/mol. The lowest BCUT2D eigenvalue weighted by Gasteiger charge is -2.26. The highest BCUT2D eigenvalue weighted by atomic mass is 16.2. The normalized spacial score (nSPS) is 24.6. The maximum atomic E-state index is 12.1. The summed E-state index contributed by atoms with van der Waals surface area (Å²) in [5.41, 5.74) is 5.28. The van der Waals surface area contributed by atoms with Crippen LogP contribution in [0.2, 0.25) is 0 Å². The second-order valence-electron chi connectivity index (χ2n) is 4.71. The molecule has 4 nitrogen and oxygen atoms in total. The molecular formula is C12H25N3O. The summed E-state index contributed by atoms with van der Waals surface area (Å²) in [6, 6.07) is 0. The standard InChI is InChI=1S/C12H25N3O/c1-2-5-12(6-9-14-10-12)11(16)15-8-4-3-7-13/h14H,2-10,13H2,1H3,(H,15,16). The Balaban J connectivity index is 2.36. The van der Waals surface area contributed by atoms with Gasteiger partial charge in [0.2, 0.25) is 5.91 Å². The Morgan fingerprint density at radius 3 is 2.88 bits per heavy atom. The molecule has 1 rings (SSSR count). The molecule has 0 saturated carbocycles. The Morgan fingerprint density at radius 2 is 2.31 bits per heavy atom. The average molecular weight is 227 g/mol. The summed E-state index contributed by atoms with van der Waals surface area (Å²) >= 11 is 0. The number of hydrogen-bond acceptors (Lipinski definition) is 3. The molecule has 1 fully saturated rings. The third-order valence-corrected chi connectivity index (χ3v) is 3.37. The van der Waals surface area contributed by atoms with E-state index >= 15 is 0 Å². The third kappa shape index (κ3) is 3.46. The Bertz CT molecular complexity index is 212. The van der Waals surface area contributed by atoms with Crippen molar-refractivity contribution in [1.29, 1.82) is 0 Å². The van der Waals surface area contributed by atoms with E-state index in [9.17, 15) is 4.79 Å². The Labute approximate surface area is 98.3 Å². The molecule has 0 bridgehead atoms. The van der Waals surface area contributed by atoms with E-state index in [0.29, 0.717) is 6.54 Å². The molecule has 0 spiro atoms. The first-order valence-electron chi connectivity index (χ1n) is 6.44. The summed E-state index contributed by atoms with van der Waals surface area (Å²) in [5.74, 6) is 0.233. The fourth-order valence-electron chi connectivity index (χ4n) is 2.40. The average Bonchev–Trinajstić information content (AvgIpc) is 2.74. The van der Waals surface area contributed by atoms with E-state index in [-0.39, 0.29) is 11.3 Å². The molecule has 1 aliphatic heterocycles. The van der Waals surface area contributed by atoms with Gasteiger partial charge in [0.15, 0.2) is 0 Å². The summed E-state index contributed by atoms with van der Waals surface area (Å²) in [6.45, 7) is 5.42. The molecule has 4 N–H and O–H groups in total. The van der Waals surface area contributed by atoms with E-state index in [0.717, 1.165) is 51.7 Å². The molecule has 0 aromatic carbocycles. The van der Waals surface area contributed by atoms with Crippen molar-refractivity contribution in [1.82, 2.24) is 10.6 Å². The van der Waals surface area contributed by atoms with Gasteiger partial charge in [-0.2, -0.15) is 0 Å². The highest BCUT2D eigenvalue weighted by Gasteiger charge is 2.39. The molecule has 1 heterocycles. The molecule has 0 aromatic rings. The number of nitrogens with one attached hydrogen (secondary N) is 2. The molecular weight excluding hydrogens is 202 g/mol. The zero-order chi connectivity index (χ0) is 11.9. The number of hydrogen-bond donors (Lipinski definition) is 3. The number of amides is 1. The molecule has 1 atom stereocenters. The van der Waals surface area contributed by atoms with Crippen molar-refractivity contribution in [3.8, 4) is 0 Å². The number of unbranched alkanes of at least 4 members (excludes halogenated alkanes) is 1. The topological polar surface area (TPSA) is 67.2 Å². The van der Waals surface area contributed by atoms with Crippen LogP contribution in [-0.2, 0) is 4.79 Å². The van der Waals surface area contributed by atoms with Gasteiger partial charge in [0.1, 0.15) is 0 Å². The van der Waals surface area contributed by atoms with Crippen LogP contribution in [0, 0.1) is 5.41 Å². The first-order chi connectivity index (χ1) is 7.75. The van der Waals surface area contributed by atoms with Crippen LogP contribution in [0.15, 0.2) is 0 Å². The van der Waals surface area contributed by atoms with Gasteiger partial charge in [0.25, 0.3) is 0 Å². The van der Waals surface area contributed by atoms with Crippen molar-refractivity contribution in [2.75, 3.05) is 26.2 Å². The number of carbonyl (C=O) groups excluding carboxylic acids is 1. The minimum absolute atomic E-state index is 0.141. The van der Waals surface area contributed by atoms with Crippen molar-refractivity contribution in [2.45, 2.75) is 39.0 Å². The van der Waals surface area contributed by atoms with Gasteiger partial charge >= 0.3 is 0 Å². The third-order valence-electron chi connectivity index (χ3n) is 3.37. The van der Waals surface area contributed by atoms with Crippen LogP contribution in [0.1, 0.15) is 39.0 Å². The molecule has 0 aromatic heterocycles. The van der Waals surface area contributed by atoms with Gasteiger partial charge < -0.3 is 16.4 Å². The number of carbonyl (C=O) groups is 1. The van der Waals surface area contributed by atoms with Crippen molar-refractivity contribution < 1.29 is 4.79 Å². The van der Waals surface area contributed by atoms with Gasteiger partial charge in [0, 0.05) is 13.1 Å². The van der Waals surface area contributed by atoms with E-state index in [1.807, 2.05) is 0 Å². The first-order valence-corrected chi connectivity index (χ1v) is 6.44. The van der Waals surface area contributed by atoms with Gasteiger partial charge in [-0.05, 0) is 38.8 Å². The van der Waals surface area contributed by atoms with E-state index in [4.69, 9.17) is 5.73 Å². The minimum atomic E-state index is -0.141. The largest absolute Gasteiger partial charge is 0.356 e. The molecule has 1 amide bonds. The second-order valence-corrected chi connectivity index (χ2v) is 4.71. The molecule has 1 aliphatic rings. The van der Waals surface area contributed by atoms with Crippen molar-refractivity contribution >= 4 is 5.91 Å². The fourth-order valence-corrected chi connectivity index (χ4v) is 2.40. The van der Waals surface area contributed by atoms with Crippen molar-refractivity contribution in [2.24, 2.45) is 11.1 Å². The summed E-state index contributed by atoms with van der Waals surface area (Å²) < 4.78 is 0. The zero-order valence-corrected chi connectivity index (χ0v) is 10.3. The van der Waals surface area contributed by atoms with Gasteiger partial charge in [-0.1, -0.05) is 13.3 Å². The lowest BCUT2D eigenvalue weighted by atomic mass is 9.81. The van der Waals surface area contributed by atoms with Gasteiger partial charge in [-0.3, -0.25) is 4.79 Å². The highest BCUT2D eigenvalue weighted by Crippen LogP contribution is 2.31. The molecule has 0 aliphatic carbocycles. The van der Waals surface area contributed by atoms with E-state index in [2.05, 4.69) is 17.6 Å². The SMILES string of the molecule is CCCC1(C(=O)NCCCCN)CCNC1. The van der Waals surface area contributed by atoms with Crippen molar-refractivity contribution in [3.05, 3.63) is 0 Å². The number of rotatable bonds is 7. The van der Waals surface area contributed by atoms with Crippen LogP contribution in [0.4, 0.5) is 0 Å². The lowest BCUT2D eigenvalue weighted by molar-refractivity contribution is -0.130. The molecule has 1 saturated heterocycles. The lowest BCUT2D eigenvalue weighted by Crippen LogP contribution is -2.42. The number of nitrogens with two attached hydrogens (primary N) is 1. The van der Waals surface area contributed by atoms with Crippen LogP contribution in [-0.4, -0.2) is 32.1 Å². The van der Waals surface area contributed by atoms with Crippen LogP contribution in [0.25, 0.3) is 0 Å². The summed E-state index contributed by atoms with van der Waals surface area (Å²) in [6.07, 6.45) is 5.00.